The van der Waals surface area contributed by atoms with Gasteiger partial charge < -0.3 is 5.32 Å². The molecule has 0 saturated carbocycles. The van der Waals surface area contributed by atoms with Gasteiger partial charge in [-0.15, -0.1) is 0 Å². The highest BCUT2D eigenvalue weighted by Gasteiger charge is 2.09. The SMILES string of the molecule is CCCCCCCn1cc2c(Nc3cccc(Br)c3)ncnc2n1. The van der Waals surface area contributed by atoms with E-state index in [-0.39, 0.29) is 0 Å². The maximum atomic E-state index is 4.57. The van der Waals surface area contributed by atoms with E-state index in [1.54, 1.807) is 6.33 Å². The van der Waals surface area contributed by atoms with Crippen molar-refractivity contribution in [1.29, 1.82) is 0 Å². The van der Waals surface area contributed by atoms with Gasteiger partial charge in [-0.05, 0) is 24.6 Å². The lowest BCUT2D eigenvalue weighted by Gasteiger charge is -2.06. The van der Waals surface area contributed by atoms with E-state index in [0.717, 1.165) is 40.0 Å². The van der Waals surface area contributed by atoms with Crippen molar-refractivity contribution in [2.75, 3.05) is 5.32 Å². The van der Waals surface area contributed by atoms with E-state index in [9.17, 15) is 0 Å². The Balaban J connectivity index is 1.72. The average Bonchev–Trinajstić information content (AvgIpc) is 2.99. The van der Waals surface area contributed by atoms with Gasteiger partial charge in [-0.2, -0.15) is 5.10 Å². The van der Waals surface area contributed by atoms with E-state index in [1.807, 2.05) is 35.1 Å². The maximum absolute atomic E-state index is 4.57. The van der Waals surface area contributed by atoms with Crippen molar-refractivity contribution in [2.24, 2.45) is 0 Å². The molecule has 0 atom stereocenters. The number of nitrogens with zero attached hydrogens (tertiary/aromatic N) is 4. The van der Waals surface area contributed by atoms with Gasteiger partial charge in [-0.25, -0.2) is 9.97 Å². The van der Waals surface area contributed by atoms with Crippen molar-refractivity contribution < 1.29 is 0 Å². The Morgan fingerprint density at radius 2 is 2.00 bits per heavy atom. The van der Waals surface area contributed by atoms with Crippen LogP contribution in [0.1, 0.15) is 39.0 Å². The lowest BCUT2D eigenvalue weighted by Crippen LogP contribution is -1.98. The average molecular weight is 388 g/mol. The summed E-state index contributed by atoms with van der Waals surface area (Å²) in [7, 11) is 0. The van der Waals surface area contributed by atoms with Crippen LogP contribution in [0.2, 0.25) is 0 Å². The number of hydrogen-bond donors (Lipinski definition) is 1. The van der Waals surface area contributed by atoms with Gasteiger partial charge in [-0.3, -0.25) is 4.68 Å². The highest BCUT2D eigenvalue weighted by Crippen LogP contribution is 2.24. The number of rotatable bonds is 8. The molecule has 3 rings (SSSR count). The Morgan fingerprint density at radius 3 is 2.83 bits per heavy atom. The topological polar surface area (TPSA) is 55.6 Å². The Kier molecular flexibility index (Phi) is 5.80. The molecule has 2 heterocycles. The molecule has 3 aromatic rings. The Morgan fingerprint density at radius 1 is 1.12 bits per heavy atom. The number of nitrogens with one attached hydrogen (secondary N) is 1. The lowest BCUT2D eigenvalue weighted by molar-refractivity contribution is 0.535. The van der Waals surface area contributed by atoms with E-state index in [1.165, 1.54) is 25.7 Å². The first-order valence-electron chi connectivity index (χ1n) is 8.47. The molecule has 0 bridgehead atoms. The third-order valence-corrected chi connectivity index (χ3v) is 4.44. The Labute approximate surface area is 150 Å². The highest BCUT2D eigenvalue weighted by molar-refractivity contribution is 9.10. The van der Waals surface area contributed by atoms with Gasteiger partial charge in [0.1, 0.15) is 12.1 Å². The fourth-order valence-electron chi connectivity index (χ4n) is 2.68. The van der Waals surface area contributed by atoms with Gasteiger partial charge in [0.15, 0.2) is 5.65 Å². The van der Waals surface area contributed by atoms with Crippen LogP contribution in [-0.2, 0) is 6.54 Å². The molecule has 5 nitrogen and oxygen atoms in total. The molecular formula is C18H22BrN5. The molecule has 126 valence electrons. The molecule has 0 saturated heterocycles. The summed E-state index contributed by atoms with van der Waals surface area (Å²) in [4.78, 5) is 8.66. The summed E-state index contributed by atoms with van der Waals surface area (Å²) in [5, 5.41) is 8.87. The van der Waals surface area contributed by atoms with Crippen molar-refractivity contribution in [3.63, 3.8) is 0 Å². The smallest absolute Gasteiger partial charge is 0.186 e. The lowest BCUT2D eigenvalue weighted by atomic mass is 10.1. The van der Waals surface area contributed by atoms with Gasteiger partial charge in [0, 0.05) is 22.9 Å². The number of benzene rings is 1. The van der Waals surface area contributed by atoms with E-state index in [4.69, 9.17) is 0 Å². The fraction of sp³-hybridized carbons (Fsp3) is 0.389. The zero-order valence-electron chi connectivity index (χ0n) is 13.9. The van der Waals surface area contributed by atoms with Crippen LogP contribution in [0.25, 0.3) is 11.0 Å². The summed E-state index contributed by atoms with van der Waals surface area (Å²) in [6, 6.07) is 8.02. The van der Waals surface area contributed by atoms with E-state index >= 15 is 0 Å². The van der Waals surface area contributed by atoms with Gasteiger partial charge in [-0.1, -0.05) is 54.6 Å². The summed E-state index contributed by atoms with van der Waals surface area (Å²) in [5.74, 6) is 0.787. The third-order valence-electron chi connectivity index (χ3n) is 3.94. The largest absolute Gasteiger partial charge is 0.339 e. The standard InChI is InChI=1S/C18H22BrN5/c1-2-3-4-5-6-10-24-12-16-17(20-13-21-18(16)23-24)22-15-9-7-8-14(19)11-15/h7-9,11-13H,2-6,10H2,1H3,(H,20,21,22,23). The summed E-state index contributed by atoms with van der Waals surface area (Å²) in [6.07, 6.45) is 9.87. The predicted molar refractivity (Wildman–Crippen MR) is 102 cm³/mol. The van der Waals surface area contributed by atoms with Crippen molar-refractivity contribution in [3.05, 3.63) is 41.3 Å². The van der Waals surface area contributed by atoms with Crippen LogP contribution < -0.4 is 5.32 Å². The van der Waals surface area contributed by atoms with Crippen LogP contribution in [0.4, 0.5) is 11.5 Å². The van der Waals surface area contributed by atoms with Gasteiger partial charge in [0.05, 0.1) is 5.39 Å². The molecule has 2 aromatic heterocycles. The van der Waals surface area contributed by atoms with Crippen molar-refractivity contribution in [2.45, 2.75) is 45.6 Å². The molecule has 0 spiro atoms. The molecule has 0 amide bonds. The zero-order chi connectivity index (χ0) is 16.8. The first kappa shape index (κ1) is 16.9. The number of unbranched alkanes of at least 4 members (excludes halogenated alkanes) is 4. The maximum Gasteiger partial charge on any atom is 0.186 e. The minimum Gasteiger partial charge on any atom is -0.339 e. The van der Waals surface area contributed by atoms with Gasteiger partial charge >= 0.3 is 0 Å². The monoisotopic (exact) mass is 387 g/mol. The predicted octanol–water partition coefficient (Wildman–Crippen LogP) is 5.30. The van der Waals surface area contributed by atoms with Gasteiger partial charge in [0.2, 0.25) is 0 Å². The molecule has 0 fully saturated rings. The summed E-state index contributed by atoms with van der Waals surface area (Å²) < 4.78 is 3.01. The van der Waals surface area contributed by atoms with Crippen LogP contribution in [0.5, 0.6) is 0 Å². The van der Waals surface area contributed by atoms with E-state index < -0.39 is 0 Å². The molecule has 0 aliphatic carbocycles. The van der Waals surface area contributed by atoms with Gasteiger partial charge in [0.25, 0.3) is 0 Å². The zero-order valence-corrected chi connectivity index (χ0v) is 15.5. The molecule has 0 aliphatic heterocycles. The van der Waals surface area contributed by atoms with Crippen LogP contribution in [0.3, 0.4) is 0 Å². The first-order chi connectivity index (χ1) is 11.8. The second kappa shape index (κ2) is 8.24. The highest BCUT2D eigenvalue weighted by atomic mass is 79.9. The van der Waals surface area contributed by atoms with Crippen LogP contribution in [0, 0.1) is 0 Å². The molecule has 6 heteroatoms. The Bertz CT molecular complexity index is 799. The van der Waals surface area contributed by atoms with E-state index in [2.05, 4.69) is 43.2 Å². The normalized spacial score (nSPS) is 11.1. The second-order valence-electron chi connectivity index (χ2n) is 5.90. The Hall–Kier alpha value is -1.95. The van der Waals surface area contributed by atoms with Crippen molar-refractivity contribution in [1.82, 2.24) is 19.7 Å². The van der Waals surface area contributed by atoms with Crippen LogP contribution >= 0.6 is 15.9 Å². The number of aryl methyl sites for hydroxylation is 1. The number of aromatic nitrogens is 4. The van der Waals surface area contributed by atoms with Crippen molar-refractivity contribution in [3.8, 4) is 0 Å². The quantitative estimate of drug-likeness (QED) is 0.532. The summed E-state index contributed by atoms with van der Waals surface area (Å²) in [6.45, 7) is 3.16. The molecule has 1 N–H and O–H groups in total. The summed E-state index contributed by atoms with van der Waals surface area (Å²) >= 11 is 3.49. The molecule has 0 aliphatic rings. The third kappa shape index (κ3) is 4.32. The molecule has 1 aromatic carbocycles. The second-order valence-corrected chi connectivity index (χ2v) is 6.82. The molecule has 24 heavy (non-hydrogen) atoms. The first-order valence-corrected chi connectivity index (χ1v) is 9.26. The molecular weight excluding hydrogens is 366 g/mol. The van der Waals surface area contributed by atoms with Crippen molar-refractivity contribution >= 4 is 38.5 Å². The fourth-order valence-corrected chi connectivity index (χ4v) is 3.08. The molecule has 0 radical (unpaired) electrons. The molecule has 0 unspecified atom stereocenters. The number of fused-ring (bicyclic) bond motifs is 1. The van der Waals surface area contributed by atoms with Crippen LogP contribution in [-0.4, -0.2) is 19.7 Å². The van der Waals surface area contributed by atoms with E-state index in [0.29, 0.717) is 0 Å². The number of anilines is 2. The minimum absolute atomic E-state index is 0.732. The minimum atomic E-state index is 0.732. The number of hydrogen-bond acceptors (Lipinski definition) is 4. The summed E-state index contributed by atoms with van der Waals surface area (Å²) in [5.41, 5.74) is 1.72. The number of halogens is 1. The van der Waals surface area contributed by atoms with Crippen LogP contribution in [0.15, 0.2) is 41.3 Å².